The van der Waals surface area contributed by atoms with Crippen LogP contribution in [-0.2, 0) is 30.2 Å². The van der Waals surface area contributed by atoms with E-state index in [-0.39, 0.29) is 23.0 Å². The number of rotatable bonds is 5. The average Bonchev–Trinajstić information content (AvgIpc) is 2.83. The SMILES string of the molecule is Cn1cc(CNS(=O)(=O)c2cc(CN)ccc2Cl)cn1. The Balaban J connectivity index is 2.21. The van der Waals surface area contributed by atoms with Gasteiger partial charge in [-0.05, 0) is 17.7 Å². The zero-order valence-electron chi connectivity index (χ0n) is 10.9. The summed E-state index contributed by atoms with van der Waals surface area (Å²) < 4.78 is 28.6. The minimum absolute atomic E-state index is 0.0333. The van der Waals surface area contributed by atoms with Crippen LogP contribution >= 0.6 is 11.6 Å². The second-order valence-corrected chi connectivity index (χ2v) is 6.46. The van der Waals surface area contributed by atoms with Crippen LogP contribution in [0.4, 0.5) is 0 Å². The highest BCUT2D eigenvalue weighted by atomic mass is 35.5. The molecule has 2 rings (SSSR count). The third-order valence-electron chi connectivity index (χ3n) is 2.75. The smallest absolute Gasteiger partial charge is 0.242 e. The van der Waals surface area contributed by atoms with Gasteiger partial charge in [0, 0.05) is 31.9 Å². The summed E-state index contributed by atoms with van der Waals surface area (Å²) in [5.41, 5.74) is 6.98. The van der Waals surface area contributed by atoms with Gasteiger partial charge in [-0.25, -0.2) is 13.1 Å². The summed E-state index contributed by atoms with van der Waals surface area (Å²) in [4.78, 5) is 0.0333. The van der Waals surface area contributed by atoms with Crippen molar-refractivity contribution in [3.05, 3.63) is 46.7 Å². The first-order valence-electron chi connectivity index (χ1n) is 5.88. The Kier molecular flexibility index (Phi) is 4.44. The molecule has 20 heavy (non-hydrogen) atoms. The van der Waals surface area contributed by atoms with Crippen LogP contribution in [0.1, 0.15) is 11.1 Å². The van der Waals surface area contributed by atoms with Gasteiger partial charge < -0.3 is 5.73 Å². The van der Waals surface area contributed by atoms with Gasteiger partial charge in [0.1, 0.15) is 4.90 Å². The topological polar surface area (TPSA) is 90.0 Å². The predicted octanol–water partition coefficient (Wildman–Crippen LogP) is 1.01. The lowest BCUT2D eigenvalue weighted by atomic mass is 10.2. The Morgan fingerprint density at radius 1 is 1.40 bits per heavy atom. The van der Waals surface area contributed by atoms with E-state index in [1.54, 1.807) is 30.2 Å². The van der Waals surface area contributed by atoms with E-state index in [4.69, 9.17) is 17.3 Å². The van der Waals surface area contributed by atoms with Crippen molar-refractivity contribution >= 4 is 21.6 Å². The third kappa shape index (κ3) is 3.37. The van der Waals surface area contributed by atoms with Crippen LogP contribution in [0, 0.1) is 0 Å². The Morgan fingerprint density at radius 3 is 2.75 bits per heavy atom. The molecule has 0 unspecified atom stereocenters. The molecule has 0 bridgehead atoms. The van der Waals surface area contributed by atoms with Gasteiger partial charge >= 0.3 is 0 Å². The van der Waals surface area contributed by atoms with Gasteiger partial charge in [0.15, 0.2) is 0 Å². The summed E-state index contributed by atoms with van der Waals surface area (Å²) >= 11 is 5.95. The molecule has 0 atom stereocenters. The van der Waals surface area contributed by atoms with Gasteiger partial charge in [-0.2, -0.15) is 5.10 Å². The molecule has 108 valence electrons. The number of benzene rings is 1. The number of hydrogen-bond acceptors (Lipinski definition) is 4. The largest absolute Gasteiger partial charge is 0.326 e. The highest BCUT2D eigenvalue weighted by Crippen LogP contribution is 2.22. The van der Waals surface area contributed by atoms with Gasteiger partial charge in [0.25, 0.3) is 0 Å². The molecule has 0 saturated carbocycles. The van der Waals surface area contributed by atoms with E-state index in [0.29, 0.717) is 5.56 Å². The maximum atomic E-state index is 12.2. The van der Waals surface area contributed by atoms with Crippen LogP contribution in [0.15, 0.2) is 35.5 Å². The molecule has 1 aromatic carbocycles. The van der Waals surface area contributed by atoms with E-state index in [0.717, 1.165) is 5.56 Å². The number of nitrogens with one attached hydrogen (secondary N) is 1. The Morgan fingerprint density at radius 2 is 2.15 bits per heavy atom. The van der Waals surface area contributed by atoms with Crippen LogP contribution in [0.2, 0.25) is 5.02 Å². The third-order valence-corrected chi connectivity index (χ3v) is 4.63. The number of aromatic nitrogens is 2. The first-order chi connectivity index (χ1) is 9.42. The van der Waals surface area contributed by atoms with Crippen LogP contribution in [0.25, 0.3) is 0 Å². The van der Waals surface area contributed by atoms with Crippen molar-refractivity contribution in [1.82, 2.24) is 14.5 Å². The normalized spacial score (nSPS) is 11.8. The lowest BCUT2D eigenvalue weighted by Crippen LogP contribution is -2.23. The highest BCUT2D eigenvalue weighted by molar-refractivity contribution is 7.89. The molecule has 0 fully saturated rings. The van der Waals surface area contributed by atoms with E-state index in [1.807, 2.05) is 0 Å². The zero-order chi connectivity index (χ0) is 14.8. The summed E-state index contributed by atoms with van der Waals surface area (Å²) in [5, 5.41) is 4.14. The lowest BCUT2D eigenvalue weighted by Gasteiger charge is -2.09. The van der Waals surface area contributed by atoms with Gasteiger partial charge in [-0.3, -0.25) is 4.68 Å². The van der Waals surface area contributed by atoms with E-state index < -0.39 is 10.0 Å². The first kappa shape index (κ1) is 15.0. The molecule has 3 N–H and O–H groups in total. The van der Waals surface area contributed by atoms with Crippen LogP contribution < -0.4 is 10.5 Å². The van der Waals surface area contributed by atoms with Crippen molar-refractivity contribution in [3.8, 4) is 0 Å². The molecule has 8 heteroatoms. The molecule has 0 aliphatic rings. The number of halogens is 1. The number of aryl methyl sites for hydroxylation is 1. The maximum Gasteiger partial charge on any atom is 0.242 e. The summed E-state index contributed by atoms with van der Waals surface area (Å²) in [6.45, 7) is 0.404. The van der Waals surface area contributed by atoms with Crippen molar-refractivity contribution in [2.75, 3.05) is 0 Å². The van der Waals surface area contributed by atoms with Crippen LogP contribution in [0.5, 0.6) is 0 Å². The monoisotopic (exact) mass is 314 g/mol. The molecule has 0 spiro atoms. The molecular weight excluding hydrogens is 300 g/mol. The van der Waals surface area contributed by atoms with E-state index in [2.05, 4.69) is 9.82 Å². The maximum absolute atomic E-state index is 12.2. The Hall–Kier alpha value is -1.41. The van der Waals surface area contributed by atoms with E-state index >= 15 is 0 Å². The van der Waals surface area contributed by atoms with E-state index in [9.17, 15) is 8.42 Å². The minimum atomic E-state index is -3.69. The standard InChI is InChI=1S/C12H15ClN4O2S/c1-17-8-10(6-15-17)7-16-20(18,19)12-4-9(5-14)2-3-11(12)13/h2-4,6,8,16H,5,7,14H2,1H3. The van der Waals surface area contributed by atoms with Crippen molar-refractivity contribution in [2.45, 2.75) is 18.0 Å². The van der Waals surface area contributed by atoms with Crippen LogP contribution in [0.3, 0.4) is 0 Å². The molecule has 0 amide bonds. The van der Waals surface area contributed by atoms with Gasteiger partial charge in [-0.1, -0.05) is 17.7 Å². The fourth-order valence-corrected chi connectivity index (χ4v) is 3.27. The Bertz CT molecular complexity index is 712. The molecule has 6 nitrogen and oxygen atoms in total. The zero-order valence-corrected chi connectivity index (χ0v) is 12.4. The molecule has 0 saturated heterocycles. The van der Waals surface area contributed by atoms with Crippen molar-refractivity contribution in [1.29, 1.82) is 0 Å². The fraction of sp³-hybridized carbons (Fsp3) is 0.250. The molecule has 0 aliphatic heterocycles. The van der Waals surface area contributed by atoms with Crippen LogP contribution in [-0.4, -0.2) is 18.2 Å². The average molecular weight is 315 g/mol. The van der Waals surface area contributed by atoms with Gasteiger partial charge in [0.2, 0.25) is 10.0 Å². The second kappa shape index (κ2) is 5.92. The molecule has 0 radical (unpaired) electrons. The number of hydrogen-bond donors (Lipinski definition) is 2. The minimum Gasteiger partial charge on any atom is -0.326 e. The Labute approximate surface area is 122 Å². The predicted molar refractivity (Wildman–Crippen MR) is 76.6 cm³/mol. The number of sulfonamides is 1. The molecule has 0 aliphatic carbocycles. The number of nitrogens with two attached hydrogens (primary N) is 1. The summed E-state index contributed by atoms with van der Waals surface area (Å²) in [7, 11) is -1.92. The lowest BCUT2D eigenvalue weighted by molar-refractivity contribution is 0.581. The van der Waals surface area contributed by atoms with Crippen molar-refractivity contribution in [2.24, 2.45) is 12.8 Å². The van der Waals surface area contributed by atoms with Crippen molar-refractivity contribution in [3.63, 3.8) is 0 Å². The van der Waals surface area contributed by atoms with E-state index in [1.165, 1.54) is 12.1 Å². The van der Waals surface area contributed by atoms with Gasteiger partial charge in [-0.15, -0.1) is 0 Å². The molecule has 1 heterocycles. The first-order valence-corrected chi connectivity index (χ1v) is 7.74. The molecule has 2 aromatic rings. The van der Waals surface area contributed by atoms with Crippen molar-refractivity contribution < 1.29 is 8.42 Å². The second-order valence-electron chi connectivity index (χ2n) is 4.32. The number of nitrogens with zero attached hydrogens (tertiary/aromatic N) is 2. The summed E-state index contributed by atoms with van der Waals surface area (Å²) in [5.74, 6) is 0. The van der Waals surface area contributed by atoms with Gasteiger partial charge in [0.05, 0.1) is 11.2 Å². The molecule has 1 aromatic heterocycles. The highest BCUT2D eigenvalue weighted by Gasteiger charge is 2.18. The summed E-state index contributed by atoms with van der Waals surface area (Å²) in [6.07, 6.45) is 3.33. The molecular formula is C12H15ClN4O2S. The fourth-order valence-electron chi connectivity index (χ4n) is 1.70. The quantitative estimate of drug-likeness (QED) is 0.862. The summed E-state index contributed by atoms with van der Waals surface area (Å²) in [6, 6.07) is 4.71.